The Bertz CT molecular complexity index is 641. The standard InChI is InChI=1S/C22H36O6/c1-19(2,18(24)26-7)14-8-10-21(4)15(20(14,3)12-17(23)25-6)9-11-22(5,28-21)16-13-27-16/h14-16H,8-13H2,1-7H3. The Balaban J connectivity index is 1.98. The van der Waals surface area contributed by atoms with Crippen LogP contribution in [0.25, 0.3) is 0 Å². The minimum Gasteiger partial charge on any atom is -0.469 e. The Labute approximate surface area is 168 Å². The van der Waals surface area contributed by atoms with E-state index < -0.39 is 10.8 Å². The van der Waals surface area contributed by atoms with Crippen molar-refractivity contribution in [2.45, 2.75) is 84.0 Å². The highest BCUT2D eigenvalue weighted by molar-refractivity contribution is 5.77. The number of hydrogen-bond acceptors (Lipinski definition) is 6. The molecule has 0 aromatic heterocycles. The second-order valence-electron chi connectivity index (χ2n) is 10.2. The van der Waals surface area contributed by atoms with Gasteiger partial charge in [-0.25, -0.2) is 0 Å². The highest BCUT2D eigenvalue weighted by Crippen LogP contribution is 2.63. The van der Waals surface area contributed by atoms with Gasteiger partial charge >= 0.3 is 11.9 Å². The zero-order valence-corrected chi connectivity index (χ0v) is 18.4. The second kappa shape index (κ2) is 6.98. The Morgan fingerprint density at radius 2 is 1.64 bits per heavy atom. The molecule has 0 radical (unpaired) electrons. The zero-order chi connectivity index (χ0) is 21.0. The topological polar surface area (TPSA) is 74.4 Å². The molecule has 0 aromatic rings. The van der Waals surface area contributed by atoms with E-state index in [1.165, 1.54) is 14.2 Å². The molecule has 28 heavy (non-hydrogen) atoms. The first-order chi connectivity index (χ1) is 12.9. The summed E-state index contributed by atoms with van der Waals surface area (Å²) in [5.41, 5.74) is -1.75. The molecule has 0 aromatic carbocycles. The maximum absolute atomic E-state index is 12.6. The van der Waals surface area contributed by atoms with E-state index in [0.29, 0.717) is 0 Å². The van der Waals surface area contributed by atoms with E-state index in [9.17, 15) is 9.59 Å². The molecule has 6 nitrogen and oxygen atoms in total. The summed E-state index contributed by atoms with van der Waals surface area (Å²) in [7, 11) is 2.85. The minimum absolute atomic E-state index is 0.00486. The minimum atomic E-state index is -0.695. The summed E-state index contributed by atoms with van der Waals surface area (Å²) >= 11 is 0. The van der Waals surface area contributed by atoms with Crippen LogP contribution < -0.4 is 0 Å². The molecule has 0 N–H and O–H groups in total. The van der Waals surface area contributed by atoms with Gasteiger partial charge in [-0.3, -0.25) is 9.59 Å². The molecule has 3 aliphatic rings. The molecule has 6 unspecified atom stereocenters. The van der Waals surface area contributed by atoms with Crippen LogP contribution in [0.15, 0.2) is 0 Å². The Kier molecular flexibility index (Phi) is 5.37. The lowest BCUT2D eigenvalue weighted by Crippen LogP contribution is -2.63. The molecule has 1 saturated carbocycles. The van der Waals surface area contributed by atoms with E-state index in [1.54, 1.807) is 0 Å². The molecule has 2 saturated heterocycles. The van der Waals surface area contributed by atoms with Gasteiger partial charge in [0, 0.05) is 0 Å². The summed E-state index contributed by atoms with van der Waals surface area (Å²) in [6.45, 7) is 11.1. The number of fused-ring (bicyclic) bond motifs is 1. The predicted molar refractivity (Wildman–Crippen MR) is 104 cm³/mol. The number of ether oxygens (including phenoxy) is 4. The molecule has 6 heteroatoms. The van der Waals surface area contributed by atoms with Crippen molar-refractivity contribution < 1.29 is 28.5 Å². The van der Waals surface area contributed by atoms with Crippen LogP contribution in [-0.2, 0) is 28.5 Å². The average molecular weight is 397 g/mol. The third-order valence-corrected chi connectivity index (χ3v) is 8.00. The number of esters is 2. The molecule has 0 spiro atoms. The van der Waals surface area contributed by atoms with Gasteiger partial charge < -0.3 is 18.9 Å². The molecular weight excluding hydrogens is 360 g/mol. The van der Waals surface area contributed by atoms with Crippen molar-refractivity contribution in [3.63, 3.8) is 0 Å². The smallest absolute Gasteiger partial charge is 0.311 e. The number of hydrogen-bond donors (Lipinski definition) is 0. The fourth-order valence-corrected chi connectivity index (χ4v) is 6.49. The molecule has 160 valence electrons. The first kappa shape index (κ1) is 21.6. The SMILES string of the molecule is COC(=O)CC1(C)C2CCC(C)(C3CO3)OC2(C)CCC1C(C)(C)C(=O)OC. The van der Waals surface area contributed by atoms with E-state index >= 15 is 0 Å². The Hall–Kier alpha value is -1.14. The monoisotopic (exact) mass is 396 g/mol. The fraction of sp³-hybridized carbons (Fsp3) is 0.909. The Morgan fingerprint density at radius 1 is 1.04 bits per heavy atom. The van der Waals surface area contributed by atoms with E-state index in [0.717, 1.165) is 32.3 Å². The Morgan fingerprint density at radius 3 is 2.18 bits per heavy atom. The lowest BCUT2D eigenvalue weighted by molar-refractivity contribution is -0.264. The van der Waals surface area contributed by atoms with Gasteiger partial charge in [-0.15, -0.1) is 0 Å². The van der Waals surface area contributed by atoms with E-state index in [-0.39, 0.29) is 47.5 Å². The lowest BCUT2D eigenvalue weighted by Gasteiger charge is -2.62. The maximum atomic E-state index is 12.6. The average Bonchev–Trinajstić information content (AvgIpc) is 3.45. The van der Waals surface area contributed by atoms with Crippen LogP contribution in [0, 0.1) is 22.7 Å². The predicted octanol–water partition coefficient (Wildman–Crippen LogP) is 3.51. The van der Waals surface area contributed by atoms with Gasteiger partial charge in [0.15, 0.2) is 0 Å². The molecule has 0 bridgehead atoms. The van der Waals surface area contributed by atoms with Crippen LogP contribution in [0.3, 0.4) is 0 Å². The molecule has 3 fully saturated rings. The van der Waals surface area contributed by atoms with Crippen LogP contribution in [0.2, 0.25) is 0 Å². The van der Waals surface area contributed by atoms with Crippen molar-refractivity contribution in [3.05, 3.63) is 0 Å². The summed E-state index contributed by atoms with van der Waals surface area (Å²) < 4.78 is 22.5. The van der Waals surface area contributed by atoms with E-state index in [1.807, 2.05) is 13.8 Å². The zero-order valence-electron chi connectivity index (χ0n) is 18.4. The molecule has 0 amide bonds. The van der Waals surface area contributed by atoms with Crippen LogP contribution in [0.1, 0.15) is 66.7 Å². The van der Waals surface area contributed by atoms with E-state index in [2.05, 4.69) is 20.8 Å². The van der Waals surface area contributed by atoms with Crippen molar-refractivity contribution >= 4 is 11.9 Å². The van der Waals surface area contributed by atoms with Gasteiger partial charge in [0.25, 0.3) is 0 Å². The van der Waals surface area contributed by atoms with Gasteiger partial charge in [0.05, 0.1) is 43.9 Å². The summed E-state index contributed by atoms with van der Waals surface area (Å²) in [5.74, 6) is -0.329. The molecular formula is C22H36O6. The normalized spacial score (nSPS) is 43.0. The highest BCUT2D eigenvalue weighted by atomic mass is 16.6. The fourth-order valence-electron chi connectivity index (χ4n) is 6.49. The molecule has 3 rings (SSSR count). The van der Waals surface area contributed by atoms with E-state index in [4.69, 9.17) is 18.9 Å². The van der Waals surface area contributed by atoms with Crippen molar-refractivity contribution in [2.75, 3.05) is 20.8 Å². The number of epoxide rings is 1. The maximum Gasteiger partial charge on any atom is 0.311 e. The molecule has 2 aliphatic heterocycles. The van der Waals surface area contributed by atoms with Gasteiger partial charge in [0.2, 0.25) is 0 Å². The largest absolute Gasteiger partial charge is 0.469 e. The number of rotatable bonds is 5. The summed E-state index contributed by atoms with van der Waals surface area (Å²) in [4.78, 5) is 25.1. The highest BCUT2D eigenvalue weighted by Gasteiger charge is 2.64. The number of methoxy groups -OCH3 is 2. The van der Waals surface area contributed by atoms with Crippen molar-refractivity contribution in [2.24, 2.45) is 22.7 Å². The third kappa shape index (κ3) is 3.36. The van der Waals surface area contributed by atoms with Crippen LogP contribution >= 0.6 is 0 Å². The van der Waals surface area contributed by atoms with Crippen LogP contribution in [-0.4, -0.2) is 50.1 Å². The van der Waals surface area contributed by atoms with Crippen molar-refractivity contribution in [3.8, 4) is 0 Å². The van der Waals surface area contributed by atoms with Crippen LogP contribution in [0.4, 0.5) is 0 Å². The molecule has 6 atom stereocenters. The van der Waals surface area contributed by atoms with Gasteiger partial charge in [-0.05, 0) is 70.6 Å². The first-order valence-electron chi connectivity index (χ1n) is 10.4. The summed E-state index contributed by atoms with van der Waals surface area (Å²) in [6.07, 6.45) is 3.91. The molecule has 2 heterocycles. The quantitative estimate of drug-likeness (QED) is 0.523. The molecule has 1 aliphatic carbocycles. The second-order valence-corrected chi connectivity index (χ2v) is 10.2. The number of carbonyl (C=O) groups excluding carboxylic acids is 2. The van der Waals surface area contributed by atoms with Crippen molar-refractivity contribution in [1.29, 1.82) is 0 Å². The van der Waals surface area contributed by atoms with Gasteiger partial charge in [-0.2, -0.15) is 0 Å². The van der Waals surface area contributed by atoms with Gasteiger partial charge in [-0.1, -0.05) is 6.92 Å². The van der Waals surface area contributed by atoms with Crippen LogP contribution in [0.5, 0.6) is 0 Å². The lowest BCUT2D eigenvalue weighted by atomic mass is 9.47. The summed E-state index contributed by atoms with van der Waals surface area (Å²) in [6, 6.07) is 0. The van der Waals surface area contributed by atoms with Gasteiger partial charge in [0.1, 0.15) is 6.10 Å². The third-order valence-electron chi connectivity index (χ3n) is 8.00. The van der Waals surface area contributed by atoms with Crippen molar-refractivity contribution in [1.82, 2.24) is 0 Å². The number of carbonyl (C=O) groups is 2. The summed E-state index contributed by atoms with van der Waals surface area (Å²) in [5, 5.41) is 0. The first-order valence-corrected chi connectivity index (χ1v) is 10.4.